The number of nitrogens with zero attached hydrogens (tertiary/aromatic N) is 2. The third-order valence-corrected chi connectivity index (χ3v) is 4.34. The van der Waals surface area contributed by atoms with Crippen molar-refractivity contribution < 1.29 is 13.2 Å². The van der Waals surface area contributed by atoms with E-state index >= 15 is 0 Å². The molecule has 2 aromatic rings. The average Bonchev–Trinajstić information content (AvgIpc) is 2.47. The zero-order valence-corrected chi connectivity index (χ0v) is 12.5. The van der Waals surface area contributed by atoms with Crippen LogP contribution in [0.25, 0.3) is 0 Å². The molecular formula is C12H13N3O3S2. The van der Waals surface area contributed by atoms with Crippen LogP contribution in [-0.4, -0.2) is 31.8 Å². The number of rotatable bonds is 5. The van der Waals surface area contributed by atoms with E-state index in [2.05, 4.69) is 14.7 Å². The fourth-order valence-electron chi connectivity index (χ4n) is 1.46. The van der Waals surface area contributed by atoms with Crippen molar-refractivity contribution in [1.82, 2.24) is 9.97 Å². The first-order chi connectivity index (χ1) is 9.56. The molecule has 8 heteroatoms. The highest BCUT2D eigenvalue weighted by atomic mass is 32.2. The summed E-state index contributed by atoms with van der Waals surface area (Å²) in [5.74, 6) is 0.387. The number of hydrogen-bond donors (Lipinski definition) is 1. The van der Waals surface area contributed by atoms with Crippen molar-refractivity contribution in [1.29, 1.82) is 0 Å². The van der Waals surface area contributed by atoms with Crippen molar-refractivity contribution in [3.05, 3.63) is 36.5 Å². The lowest BCUT2D eigenvalue weighted by Crippen LogP contribution is -2.15. The summed E-state index contributed by atoms with van der Waals surface area (Å²) in [6.45, 7) is 0. The van der Waals surface area contributed by atoms with Gasteiger partial charge in [0.25, 0.3) is 10.0 Å². The van der Waals surface area contributed by atoms with E-state index in [4.69, 9.17) is 4.74 Å². The standard InChI is InChI=1S/C12H13N3O3S2/c1-18-10-8-13-12(19-2)14-11(10)15-20(16,17)9-6-4-3-5-7-9/h3-8H,1-2H3,(H,13,14,15). The summed E-state index contributed by atoms with van der Waals surface area (Å²) in [5.41, 5.74) is 0. The number of sulfonamides is 1. The zero-order chi connectivity index (χ0) is 14.6. The Morgan fingerprint density at radius 1 is 1.25 bits per heavy atom. The van der Waals surface area contributed by atoms with Crippen LogP contribution in [0.4, 0.5) is 5.82 Å². The fraction of sp³-hybridized carbons (Fsp3) is 0.167. The lowest BCUT2D eigenvalue weighted by atomic mass is 10.4. The van der Waals surface area contributed by atoms with Crippen molar-refractivity contribution in [3.63, 3.8) is 0 Å². The Balaban J connectivity index is 2.38. The van der Waals surface area contributed by atoms with Gasteiger partial charge in [0.05, 0.1) is 18.2 Å². The van der Waals surface area contributed by atoms with Gasteiger partial charge in [-0.2, -0.15) is 0 Å². The normalized spacial score (nSPS) is 11.1. The summed E-state index contributed by atoms with van der Waals surface area (Å²) >= 11 is 1.31. The molecule has 2 rings (SSSR count). The summed E-state index contributed by atoms with van der Waals surface area (Å²) in [6, 6.07) is 8.06. The number of benzene rings is 1. The second kappa shape index (κ2) is 6.10. The van der Waals surface area contributed by atoms with Gasteiger partial charge in [-0.05, 0) is 18.4 Å². The number of anilines is 1. The van der Waals surface area contributed by atoms with Gasteiger partial charge >= 0.3 is 0 Å². The van der Waals surface area contributed by atoms with Gasteiger partial charge in [0, 0.05) is 0 Å². The number of aromatic nitrogens is 2. The molecule has 1 heterocycles. The average molecular weight is 311 g/mol. The van der Waals surface area contributed by atoms with Crippen molar-refractivity contribution in [2.45, 2.75) is 10.1 Å². The maximum Gasteiger partial charge on any atom is 0.263 e. The first-order valence-electron chi connectivity index (χ1n) is 5.59. The van der Waals surface area contributed by atoms with E-state index in [0.717, 1.165) is 0 Å². The van der Waals surface area contributed by atoms with E-state index < -0.39 is 10.0 Å². The molecule has 20 heavy (non-hydrogen) atoms. The Labute approximate surface area is 121 Å². The van der Waals surface area contributed by atoms with Gasteiger partial charge in [-0.25, -0.2) is 18.4 Å². The van der Waals surface area contributed by atoms with Gasteiger partial charge in [0.1, 0.15) is 0 Å². The van der Waals surface area contributed by atoms with Gasteiger partial charge < -0.3 is 4.74 Å². The molecule has 1 aromatic heterocycles. The number of hydrogen-bond acceptors (Lipinski definition) is 6. The fourth-order valence-corrected chi connectivity index (χ4v) is 2.84. The summed E-state index contributed by atoms with van der Waals surface area (Å²) in [4.78, 5) is 8.29. The van der Waals surface area contributed by atoms with Gasteiger partial charge in [-0.3, -0.25) is 4.72 Å². The smallest absolute Gasteiger partial charge is 0.263 e. The molecule has 106 valence electrons. The molecule has 0 saturated carbocycles. The molecule has 0 aliphatic carbocycles. The topological polar surface area (TPSA) is 81.2 Å². The minimum absolute atomic E-state index is 0.121. The third kappa shape index (κ3) is 3.20. The summed E-state index contributed by atoms with van der Waals surface area (Å²) in [7, 11) is -2.27. The molecule has 1 aromatic carbocycles. The van der Waals surface area contributed by atoms with Crippen LogP contribution in [0.5, 0.6) is 5.75 Å². The van der Waals surface area contributed by atoms with Gasteiger partial charge in [0.2, 0.25) is 0 Å². The monoisotopic (exact) mass is 311 g/mol. The second-order valence-electron chi connectivity index (χ2n) is 3.69. The van der Waals surface area contributed by atoms with Gasteiger partial charge in [-0.1, -0.05) is 30.0 Å². The second-order valence-corrected chi connectivity index (χ2v) is 6.15. The molecule has 0 saturated heterocycles. The molecular weight excluding hydrogens is 298 g/mol. The lowest BCUT2D eigenvalue weighted by molar-refractivity contribution is 0.412. The van der Waals surface area contributed by atoms with Crippen LogP contribution >= 0.6 is 11.8 Å². The van der Waals surface area contributed by atoms with Crippen LogP contribution in [0.3, 0.4) is 0 Å². The van der Waals surface area contributed by atoms with Gasteiger partial charge in [-0.15, -0.1) is 0 Å². The Hall–Kier alpha value is -1.80. The first-order valence-corrected chi connectivity index (χ1v) is 8.30. The van der Waals surface area contributed by atoms with Crippen LogP contribution in [-0.2, 0) is 10.0 Å². The largest absolute Gasteiger partial charge is 0.491 e. The molecule has 0 fully saturated rings. The molecule has 6 nitrogen and oxygen atoms in total. The summed E-state index contributed by atoms with van der Waals surface area (Å²) in [5, 5.41) is 0.455. The van der Waals surface area contributed by atoms with E-state index in [9.17, 15) is 8.42 Å². The minimum Gasteiger partial charge on any atom is -0.491 e. The number of thioether (sulfide) groups is 1. The van der Waals surface area contributed by atoms with E-state index in [1.165, 1.54) is 37.2 Å². The highest BCUT2D eigenvalue weighted by molar-refractivity contribution is 7.98. The molecule has 0 aliphatic heterocycles. The van der Waals surface area contributed by atoms with Crippen molar-refractivity contribution >= 4 is 27.6 Å². The Kier molecular flexibility index (Phi) is 4.46. The van der Waals surface area contributed by atoms with Crippen LogP contribution in [0.15, 0.2) is 46.6 Å². The number of nitrogens with one attached hydrogen (secondary N) is 1. The quantitative estimate of drug-likeness (QED) is 0.672. The van der Waals surface area contributed by atoms with Gasteiger partial charge in [0.15, 0.2) is 16.7 Å². The maximum atomic E-state index is 12.2. The Morgan fingerprint density at radius 2 is 1.95 bits per heavy atom. The molecule has 0 atom stereocenters. The van der Waals surface area contributed by atoms with E-state index in [1.807, 2.05) is 0 Å². The molecule has 0 spiro atoms. The SMILES string of the molecule is COc1cnc(SC)nc1NS(=O)(=O)c1ccccc1. The number of methoxy groups -OCH3 is 1. The molecule has 0 aliphatic rings. The molecule has 0 unspecified atom stereocenters. The predicted molar refractivity (Wildman–Crippen MR) is 77.6 cm³/mol. The predicted octanol–water partition coefficient (Wildman–Crippen LogP) is 2.01. The number of ether oxygens (including phenoxy) is 1. The van der Waals surface area contributed by atoms with Crippen molar-refractivity contribution in [2.75, 3.05) is 18.1 Å². The van der Waals surface area contributed by atoms with Crippen LogP contribution in [0.1, 0.15) is 0 Å². The summed E-state index contributed by atoms with van der Waals surface area (Å²) < 4.78 is 31.9. The molecule has 0 bridgehead atoms. The van der Waals surface area contributed by atoms with E-state index in [1.54, 1.807) is 24.5 Å². The Bertz CT molecular complexity index is 690. The van der Waals surface area contributed by atoms with Crippen molar-refractivity contribution in [3.8, 4) is 5.75 Å². The van der Waals surface area contributed by atoms with E-state index in [0.29, 0.717) is 5.16 Å². The highest BCUT2D eigenvalue weighted by Gasteiger charge is 2.18. The lowest BCUT2D eigenvalue weighted by Gasteiger charge is -2.11. The molecule has 1 N–H and O–H groups in total. The van der Waals surface area contributed by atoms with Crippen LogP contribution in [0, 0.1) is 0 Å². The minimum atomic E-state index is -3.70. The van der Waals surface area contributed by atoms with E-state index in [-0.39, 0.29) is 16.5 Å². The van der Waals surface area contributed by atoms with Crippen molar-refractivity contribution in [2.24, 2.45) is 0 Å². The summed E-state index contributed by atoms with van der Waals surface area (Å²) in [6.07, 6.45) is 3.24. The van der Waals surface area contributed by atoms with Crippen LogP contribution < -0.4 is 9.46 Å². The van der Waals surface area contributed by atoms with Crippen LogP contribution in [0.2, 0.25) is 0 Å². The molecule has 0 radical (unpaired) electrons. The highest BCUT2D eigenvalue weighted by Crippen LogP contribution is 2.25. The third-order valence-electron chi connectivity index (χ3n) is 2.42. The molecule has 0 amide bonds. The maximum absolute atomic E-state index is 12.2. The first kappa shape index (κ1) is 14.6. The Morgan fingerprint density at radius 3 is 2.55 bits per heavy atom. The zero-order valence-electron chi connectivity index (χ0n) is 10.9.